The quantitative estimate of drug-likeness (QED) is 0.547. The fraction of sp³-hybridized carbons (Fsp3) is 0.875. The summed E-state index contributed by atoms with van der Waals surface area (Å²) in [7, 11) is -1.29. The van der Waals surface area contributed by atoms with E-state index in [9.17, 15) is 30.0 Å². The monoisotopic (exact) mass is 367 g/mol. The van der Waals surface area contributed by atoms with Crippen LogP contribution in [0.25, 0.3) is 0 Å². The predicted octanol–water partition coefficient (Wildman–Crippen LogP) is 4.29. The van der Waals surface area contributed by atoms with Crippen LogP contribution in [0.2, 0.25) is 0 Å². The Morgan fingerprint density at radius 2 is 1.00 bits per heavy atom. The Hall–Kier alpha value is -0.210. The summed E-state index contributed by atoms with van der Waals surface area (Å²) >= 11 is 0. The van der Waals surface area contributed by atoms with Gasteiger partial charge in [0.25, 0.3) is 0 Å². The van der Waals surface area contributed by atoms with Crippen LogP contribution >= 0.6 is 15.8 Å². The SMILES string of the molecule is CC(=O)O[P+](N(C)C)(N(C)C)N(C)C.F[P-](F)(F)(F)(F)F. The average Bonchev–Trinajstić information content (AvgIpc) is 2.06. The van der Waals surface area contributed by atoms with E-state index in [0.29, 0.717) is 0 Å². The third kappa shape index (κ3) is 12.1. The molecule has 0 spiro atoms. The Morgan fingerprint density at radius 1 is 0.810 bits per heavy atom. The van der Waals surface area contributed by atoms with Gasteiger partial charge in [0.2, 0.25) is 0 Å². The van der Waals surface area contributed by atoms with Gasteiger partial charge in [-0.3, -0.25) is 4.52 Å². The number of carbonyl (C=O) groups excluding carboxylic acids is 1. The van der Waals surface area contributed by atoms with E-state index in [-0.39, 0.29) is 5.97 Å². The molecule has 0 heterocycles. The average molecular weight is 367 g/mol. The number of hydrogen-bond acceptors (Lipinski definition) is 5. The molecule has 0 N–H and O–H groups in total. The van der Waals surface area contributed by atoms with E-state index in [1.165, 1.54) is 6.92 Å². The Bertz CT molecular complexity index is 337. The molecule has 13 heteroatoms. The zero-order chi connectivity index (χ0) is 17.9. The van der Waals surface area contributed by atoms with Crippen LogP contribution in [0, 0.1) is 0 Å². The van der Waals surface area contributed by atoms with Gasteiger partial charge in [-0.05, 0) is 0 Å². The minimum atomic E-state index is -10.7. The van der Waals surface area contributed by atoms with Crippen molar-refractivity contribution in [2.45, 2.75) is 6.92 Å². The molecule has 132 valence electrons. The molecule has 5 nitrogen and oxygen atoms in total. The second-order valence-corrected chi connectivity index (χ2v) is 10.1. The Labute approximate surface area is 120 Å². The Balaban J connectivity index is 0. The molecule has 0 aromatic carbocycles. The third-order valence-electron chi connectivity index (χ3n) is 1.81. The summed E-state index contributed by atoms with van der Waals surface area (Å²) in [5.41, 5.74) is 0. The molecule has 0 saturated carbocycles. The van der Waals surface area contributed by atoms with E-state index in [4.69, 9.17) is 4.52 Å². The summed E-state index contributed by atoms with van der Waals surface area (Å²) in [6.07, 6.45) is 0. The normalized spacial score (nSPS) is 16.2. The summed E-state index contributed by atoms with van der Waals surface area (Å²) in [6, 6.07) is 0. The molecular formula is C8H21F6N3O2P2. The summed E-state index contributed by atoms with van der Waals surface area (Å²) in [5.74, 6) is -0.255. The van der Waals surface area contributed by atoms with E-state index in [0.717, 1.165) is 0 Å². The first-order valence-electron chi connectivity index (χ1n) is 5.39. The Kier molecular flexibility index (Phi) is 6.72. The minimum absolute atomic E-state index is 0.255. The van der Waals surface area contributed by atoms with Crippen LogP contribution in [0.1, 0.15) is 6.92 Å². The molecule has 0 rings (SSSR count). The third-order valence-corrected chi connectivity index (χ3v) is 5.44. The van der Waals surface area contributed by atoms with Crippen molar-refractivity contribution in [3.8, 4) is 0 Å². The van der Waals surface area contributed by atoms with E-state index < -0.39 is 15.8 Å². The zero-order valence-corrected chi connectivity index (χ0v) is 14.6. The molecule has 0 aliphatic heterocycles. The van der Waals surface area contributed by atoms with Gasteiger partial charge in [0, 0.05) is 49.2 Å². The molecule has 0 aliphatic rings. The molecule has 0 radical (unpaired) electrons. The van der Waals surface area contributed by atoms with Crippen LogP contribution in [-0.4, -0.2) is 62.3 Å². The van der Waals surface area contributed by atoms with E-state index in [2.05, 4.69) is 0 Å². The van der Waals surface area contributed by atoms with Crippen molar-refractivity contribution in [3.63, 3.8) is 0 Å². The number of hydrogen-bond donors (Lipinski definition) is 0. The second-order valence-electron chi connectivity index (χ2n) is 4.60. The molecular weight excluding hydrogens is 346 g/mol. The summed E-state index contributed by atoms with van der Waals surface area (Å²) in [4.78, 5) is 11.1. The van der Waals surface area contributed by atoms with Gasteiger partial charge in [0.1, 0.15) is 0 Å². The zero-order valence-electron chi connectivity index (χ0n) is 12.8. The van der Waals surface area contributed by atoms with Crippen molar-refractivity contribution < 1.29 is 34.5 Å². The molecule has 0 aliphatic carbocycles. The molecule has 0 unspecified atom stereocenters. The molecule has 0 amide bonds. The predicted molar refractivity (Wildman–Crippen MR) is 73.3 cm³/mol. The fourth-order valence-electron chi connectivity index (χ4n) is 1.49. The molecule has 0 aromatic heterocycles. The van der Waals surface area contributed by atoms with Crippen LogP contribution in [-0.2, 0) is 9.32 Å². The van der Waals surface area contributed by atoms with Gasteiger partial charge >= 0.3 is 46.9 Å². The first-order valence-corrected chi connectivity index (χ1v) is 8.98. The van der Waals surface area contributed by atoms with E-state index >= 15 is 0 Å². The molecule has 0 aromatic rings. The topological polar surface area (TPSA) is 36.0 Å². The van der Waals surface area contributed by atoms with Crippen LogP contribution in [0.5, 0.6) is 0 Å². The maximum absolute atomic E-state index is 11.1. The second kappa shape index (κ2) is 6.12. The fourth-order valence-corrected chi connectivity index (χ4v) is 4.47. The molecule has 0 atom stereocenters. The van der Waals surface area contributed by atoms with E-state index in [1.54, 1.807) is 0 Å². The van der Waals surface area contributed by atoms with Gasteiger partial charge in [0.05, 0.1) is 0 Å². The molecule has 0 fully saturated rings. The van der Waals surface area contributed by atoms with Crippen molar-refractivity contribution >= 4 is 21.7 Å². The van der Waals surface area contributed by atoms with Crippen LogP contribution in [0.3, 0.4) is 0 Å². The van der Waals surface area contributed by atoms with Crippen molar-refractivity contribution in [2.24, 2.45) is 0 Å². The summed E-state index contributed by atoms with van der Waals surface area (Å²) in [5, 5.41) is 0. The van der Waals surface area contributed by atoms with Crippen molar-refractivity contribution in [3.05, 3.63) is 0 Å². The van der Waals surface area contributed by atoms with Gasteiger partial charge < -0.3 is 0 Å². The number of halogens is 6. The molecule has 0 bridgehead atoms. The van der Waals surface area contributed by atoms with Crippen LogP contribution in [0.15, 0.2) is 0 Å². The van der Waals surface area contributed by atoms with Crippen LogP contribution in [0.4, 0.5) is 25.2 Å². The van der Waals surface area contributed by atoms with Crippen molar-refractivity contribution in [2.75, 3.05) is 42.3 Å². The first-order chi connectivity index (χ1) is 8.70. The molecule has 0 saturated heterocycles. The maximum atomic E-state index is 11.1. The summed E-state index contributed by atoms with van der Waals surface area (Å²) < 4.78 is 70.5. The van der Waals surface area contributed by atoms with Crippen molar-refractivity contribution in [1.29, 1.82) is 0 Å². The van der Waals surface area contributed by atoms with E-state index in [1.807, 2.05) is 56.3 Å². The van der Waals surface area contributed by atoms with Gasteiger partial charge in [-0.1, -0.05) is 0 Å². The standard InChI is InChI=1S/C8H21N3O2P.F6P/c1-8(12)13-14(9(2)3,10(4)5)11(6)7;1-7(2,3,4,5)6/h1-7H3;/q+1;-1. The van der Waals surface area contributed by atoms with Gasteiger partial charge in [-0.15, -0.1) is 14.0 Å². The van der Waals surface area contributed by atoms with Crippen molar-refractivity contribution in [1.82, 2.24) is 14.0 Å². The van der Waals surface area contributed by atoms with Crippen LogP contribution < -0.4 is 0 Å². The van der Waals surface area contributed by atoms with Gasteiger partial charge in [0.15, 0.2) is 0 Å². The molecule has 21 heavy (non-hydrogen) atoms. The van der Waals surface area contributed by atoms with Gasteiger partial charge in [-0.2, -0.15) is 0 Å². The Morgan fingerprint density at radius 3 is 1.05 bits per heavy atom. The number of rotatable bonds is 4. The number of nitrogens with zero attached hydrogens (tertiary/aromatic N) is 3. The number of carbonyl (C=O) groups is 1. The summed E-state index contributed by atoms with van der Waals surface area (Å²) in [6.45, 7) is 1.44. The van der Waals surface area contributed by atoms with Gasteiger partial charge in [-0.25, -0.2) is 4.79 Å². The first kappa shape index (κ1) is 23.1.